The maximum atomic E-state index is 11.5. The first-order valence-corrected chi connectivity index (χ1v) is 8.57. The summed E-state index contributed by atoms with van der Waals surface area (Å²) in [4.78, 5) is 12.0. The minimum Gasteiger partial charge on any atom is -0.375 e. The fourth-order valence-electron chi connectivity index (χ4n) is 1.93. The Balaban J connectivity index is 1.98. The summed E-state index contributed by atoms with van der Waals surface area (Å²) in [5.74, 6) is 0.732. The van der Waals surface area contributed by atoms with E-state index in [1.807, 2.05) is 5.38 Å². The van der Waals surface area contributed by atoms with Gasteiger partial charge in [-0.3, -0.25) is 0 Å². The van der Waals surface area contributed by atoms with E-state index in [-0.39, 0.29) is 4.90 Å². The van der Waals surface area contributed by atoms with E-state index in [0.717, 1.165) is 17.0 Å². The number of benzene rings is 1. The summed E-state index contributed by atoms with van der Waals surface area (Å²) >= 11 is 1.38. The lowest BCUT2D eigenvalue weighted by atomic mass is 10.3. The number of fused-ring (bicyclic) bond motifs is 1. The highest BCUT2D eigenvalue weighted by molar-refractivity contribution is 7.90. The molecule has 20 heavy (non-hydrogen) atoms. The third kappa shape index (κ3) is 2.52. The smallest absolute Gasteiger partial charge is 0.180 e. The van der Waals surface area contributed by atoms with Crippen molar-refractivity contribution in [3.8, 4) is 0 Å². The first kappa shape index (κ1) is 13.1. The third-order valence-corrected chi connectivity index (χ3v) is 4.68. The number of nitrogens with zero attached hydrogens (tertiary/aromatic N) is 2. The van der Waals surface area contributed by atoms with Gasteiger partial charge in [-0.1, -0.05) is 0 Å². The van der Waals surface area contributed by atoms with Crippen LogP contribution in [0, 0.1) is 0 Å². The van der Waals surface area contributed by atoms with Crippen LogP contribution in [0.5, 0.6) is 0 Å². The minimum absolute atomic E-state index is 0.276. The van der Waals surface area contributed by atoms with Gasteiger partial charge in [-0.15, -0.1) is 11.3 Å². The van der Waals surface area contributed by atoms with Gasteiger partial charge < -0.3 is 10.7 Å². The van der Waals surface area contributed by atoms with E-state index >= 15 is 0 Å². The zero-order valence-corrected chi connectivity index (χ0v) is 12.3. The monoisotopic (exact) mass is 308 g/mol. The van der Waals surface area contributed by atoms with E-state index in [2.05, 4.69) is 15.0 Å². The van der Waals surface area contributed by atoms with Crippen LogP contribution in [0.3, 0.4) is 0 Å². The number of aromatic amines is 1. The van der Waals surface area contributed by atoms with E-state index in [1.165, 1.54) is 17.6 Å². The lowest BCUT2D eigenvalue weighted by Crippen LogP contribution is -1.96. The Bertz CT molecular complexity index is 880. The fraction of sp³-hybridized carbons (Fsp3) is 0.167. The molecule has 3 rings (SSSR count). The van der Waals surface area contributed by atoms with Gasteiger partial charge in [0.1, 0.15) is 5.82 Å². The first-order chi connectivity index (χ1) is 9.41. The van der Waals surface area contributed by atoms with Crippen molar-refractivity contribution in [1.82, 2.24) is 15.0 Å². The van der Waals surface area contributed by atoms with E-state index < -0.39 is 9.84 Å². The predicted octanol–water partition coefficient (Wildman–Crippen LogP) is 1.60. The Kier molecular flexibility index (Phi) is 2.98. The molecule has 0 aliphatic carbocycles. The van der Waals surface area contributed by atoms with Crippen molar-refractivity contribution in [1.29, 1.82) is 0 Å². The highest BCUT2D eigenvalue weighted by Crippen LogP contribution is 2.19. The average molecular weight is 308 g/mol. The van der Waals surface area contributed by atoms with Crippen LogP contribution in [0.1, 0.15) is 11.5 Å². The number of anilines is 1. The highest BCUT2D eigenvalue weighted by atomic mass is 32.2. The van der Waals surface area contributed by atoms with Gasteiger partial charge in [0, 0.05) is 18.1 Å². The molecule has 3 aromatic rings. The van der Waals surface area contributed by atoms with Gasteiger partial charge in [-0.25, -0.2) is 18.4 Å². The van der Waals surface area contributed by atoms with E-state index in [1.54, 1.807) is 18.2 Å². The molecule has 0 saturated heterocycles. The topological polar surface area (TPSA) is 102 Å². The lowest BCUT2D eigenvalue weighted by molar-refractivity contribution is 0.602. The second-order valence-corrected chi connectivity index (χ2v) is 7.39. The van der Waals surface area contributed by atoms with Gasteiger partial charge in [0.05, 0.1) is 21.6 Å². The van der Waals surface area contributed by atoms with Gasteiger partial charge in [-0.05, 0) is 18.2 Å². The number of H-pyrrole nitrogens is 1. The summed E-state index contributed by atoms with van der Waals surface area (Å²) in [7, 11) is -3.22. The van der Waals surface area contributed by atoms with E-state index in [0.29, 0.717) is 17.1 Å². The van der Waals surface area contributed by atoms with Crippen LogP contribution in [-0.2, 0) is 16.3 Å². The summed E-state index contributed by atoms with van der Waals surface area (Å²) in [6, 6.07) is 4.85. The van der Waals surface area contributed by atoms with Crippen LogP contribution in [0.2, 0.25) is 0 Å². The third-order valence-electron chi connectivity index (χ3n) is 2.85. The van der Waals surface area contributed by atoms with Gasteiger partial charge >= 0.3 is 0 Å². The quantitative estimate of drug-likeness (QED) is 0.765. The van der Waals surface area contributed by atoms with Crippen molar-refractivity contribution in [2.24, 2.45) is 0 Å². The Hall–Kier alpha value is -1.93. The summed E-state index contributed by atoms with van der Waals surface area (Å²) in [5, 5.41) is 2.40. The van der Waals surface area contributed by atoms with Crippen LogP contribution in [0.25, 0.3) is 11.0 Å². The number of aromatic nitrogens is 3. The average Bonchev–Trinajstić information content (AvgIpc) is 2.93. The van der Waals surface area contributed by atoms with Crippen molar-refractivity contribution in [3.63, 3.8) is 0 Å². The zero-order valence-electron chi connectivity index (χ0n) is 10.6. The molecule has 0 atom stereocenters. The second kappa shape index (κ2) is 4.57. The molecule has 0 bridgehead atoms. The number of thiazole rings is 1. The summed E-state index contributed by atoms with van der Waals surface area (Å²) in [6.45, 7) is 0. The predicted molar refractivity (Wildman–Crippen MR) is 78.5 cm³/mol. The fourth-order valence-corrected chi connectivity index (χ4v) is 3.14. The van der Waals surface area contributed by atoms with Crippen LogP contribution in [0.4, 0.5) is 5.13 Å². The normalized spacial score (nSPS) is 12.1. The first-order valence-electron chi connectivity index (χ1n) is 5.80. The molecule has 2 aromatic heterocycles. The molecule has 0 saturated carbocycles. The molecule has 104 valence electrons. The molecule has 0 aliphatic rings. The van der Waals surface area contributed by atoms with Crippen LogP contribution < -0.4 is 5.73 Å². The van der Waals surface area contributed by atoms with Gasteiger partial charge in [-0.2, -0.15) is 0 Å². The van der Waals surface area contributed by atoms with Crippen molar-refractivity contribution in [2.45, 2.75) is 11.3 Å². The molecule has 0 amide bonds. The maximum Gasteiger partial charge on any atom is 0.180 e. The lowest BCUT2D eigenvalue weighted by Gasteiger charge is -1.96. The molecule has 0 fully saturated rings. The largest absolute Gasteiger partial charge is 0.375 e. The Morgan fingerprint density at radius 2 is 2.15 bits per heavy atom. The molecule has 3 N–H and O–H groups in total. The van der Waals surface area contributed by atoms with Crippen molar-refractivity contribution >= 4 is 37.3 Å². The van der Waals surface area contributed by atoms with Crippen molar-refractivity contribution in [2.75, 3.05) is 12.0 Å². The molecule has 0 radical (unpaired) electrons. The number of hydrogen-bond acceptors (Lipinski definition) is 6. The zero-order chi connectivity index (χ0) is 14.3. The van der Waals surface area contributed by atoms with Crippen LogP contribution in [0.15, 0.2) is 28.5 Å². The maximum absolute atomic E-state index is 11.5. The summed E-state index contributed by atoms with van der Waals surface area (Å²) in [5.41, 5.74) is 7.86. The molecular weight excluding hydrogens is 296 g/mol. The number of rotatable bonds is 3. The Morgan fingerprint density at radius 3 is 2.80 bits per heavy atom. The van der Waals surface area contributed by atoms with Crippen molar-refractivity contribution < 1.29 is 8.42 Å². The van der Waals surface area contributed by atoms with Crippen molar-refractivity contribution in [3.05, 3.63) is 35.1 Å². The molecule has 1 aromatic carbocycles. The number of hydrogen-bond donors (Lipinski definition) is 2. The number of nitrogens with two attached hydrogens (primary N) is 1. The molecule has 0 unspecified atom stereocenters. The molecule has 0 spiro atoms. The standard InChI is InChI=1S/C12H12N4O2S2/c1-20(17,18)8-2-3-9-10(5-8)16-11(15-9)4-7-6-19-12(13)14-7/h2-3,5-6H,4H2,1H3,(H2,13,14)(H,15,16). The number of sulfone groups is 1. The Morgan fingerprint density at radius 1 is 1.35 bits per heavy atom. The molecule has 6 nitrogen and oxygen atoms in total. The van der Waals surface area contributed by atoms with E-state index in [9.17, 15) is 8.42 Å². The number of imidazole rings is 1. The number of nitrogens with one attached hydrogen (secondary N) is 1. The summed E-state index contributed by atoms with van der Waals surface area (Å²) in [6.07, 6.45) is 1.72. The Labute approximate surface area is 119 Å². The van der Waals surface area contributed by atoms with E-state index in [4.69, 9.17) is 5.73 Å². The van der Waals surface area contributed by atoms with Gasteiger partial charge in [0.25, 0.3) is 0 Å². The van der Waals surface area contributed by atoms with Crippen LogP contribution >= 0.6 is 11.3 Å². The second-order valence-electron chi connectivity index (χ2n) is 4.49. The molecular formula is C12H12N4O2S2. The highest BCUT2D eigenvalue weighted by Gasteiger charge is 2.11. The summed E-state index contributed by atoms with van der Waals surface area (Å²) < 4.78 is 23.0. The van der Waals surface area contributed by atoms with Crippen LogP contribution in [-0.4, -0.2) is 29.6 Å². The SMILES string of the molecule is CS(=O)(=O)c1ccc2nc(Cc3csc(N)n3)[nH]c2c1. The van der Waals surface area contributed by atoms with Gasteiger partial charge in [0.15, 0.2) is 15.0 Å². The molecule has 8 heteroatoms. The molecule has 2 heterocycles. The molecule has 0 aliphatic heterocycles. The minimum atomic E-state index is -3.22. The van der Waals surface area contributed by atoms with Gasteiger partial charge in [0.2, 0.25) is 0 Å². The number of nitrogen functional groups attached to an aromatic ring is 1.